The molecular formula is C14H17IN4. The van der Waals surface area contributed by atoms with E-state index in [1.54, 1.807) is 0 Å². The van der Waals surface area contributed by atoms with E-state index in [0.29, 0.717) is 0 Å². The smallest absolute Gasteiger partial charge is 0.135 e. The topological polar surface area (TPSA) is 47.1 Å². The van der Waals surface area contributed by atoms with Gasteiger partial charge in [0.1, 0.15) is 5.82 Å². The van der Waals surface area contributed by atoms with Gasteiger partial charge in [0, 0.05) is 19.3 Å². The zero-order valence-corrected chi connectivity index (χ0v) is 13.3. The predicted molar refractivity (Wildman–Crippen MR) is 86.6 cm³/mol. The average Bonchev–Trinajstić information content (AvgIpc) is 2.87. The van der Waals surface area contributed by atoms with Gasteiger partial charge < -0.3 is 10.6 Å². The number of nitrogen functional groups attached to an aromatic ring is 1. The molecule has 1 aromatic carbocycles. The van der Waals surface area contributed by atoms with Crippen LogP contribution in [0, 0.1) is 10.5 Å². The maximum Gasteiger partial charge on any atom is 0.135 e. The second kappa shape index (κ2) is 4.70. The highest BCUT2D eigenvalue weighted by atomic mass is 127. The van der Waals surface area contributed by atoms with E-state index < -0.39 is 0 Å². The van der Waals surface area contributed by atoms with Gasteiger partial charge in [0.15, 0.2) is 0 Å². The molecule has 0 saturated carbocycles. The molecule has 3 rings (SSSR count). The molecule has 4 nitrogen and oxygen atoms in total. The van der Waals surface area contributed by atoms with E-state index in [4.69, 9.17) is 5.73 Å². The van der Waals surface area contributed by atoms with Crippen LogP contribution in [0.1, 0.15) is 16.8 Å². The van der Waals surface area contributed by atoms with Gasteiger partial charge in [-0.15, -0.1) is 0 Å². The van der Waals surface area contributed by atoms with Crippen molar-refractivity contribution in [3.8, 4) is 0 Å². The molecular weight excluding hydrogens is 351 g/mol. The molecule has 0 spiro atoms. The lowest BCUT2D eigenvalue weighted by atomic mass is 10.1. The van der Waals surface area contributed by atoms with Gasteiger partial charge in [0.05, 0.1) is 15.8 Å². The fourth-order valence-electron chi connectivity index (χ4n) is 2.59. The monoisotopic (exact) mass is 368 g/mol. The van der Waals surface area contributed by atoms with Gasteiger partial charge in [-0.2, -0.15) is 5.10 Å². The summed E-state index contributed by atoms with van der Waals surface area (Å²) >= 11 is 2.25. The Morgan fingerprint density at radius 3 is 2.89 bits per heavy atom. The number of likely N-dealkylation sites (N-methyl/N-ethyl adjacent to an activating group) is 1. The second-order valence-corrected chi connectivity index (χ2v) is 6.16. The van der Waals surface area contributed by atoms with E-state index in [9.17, 15) is 0 Å². The molecule has 0 saturated heterocycles. The van der Waals surface area contributed by atoms with Crippen LogP contribution < -0.4 is 10.6 Å². The molecule has 0 amide bonds. The molecule has 0 aliphatic carbocycles. The summed E-state index contributed by atoms with van der Waals surface area (Å²) in [6, 6.07) is 6.65. The van der Waals surface area contributed by atoms with Crippen LogP contribution >= 0.6 is 22.6 Å². The molecule has 2 aromatic rings. The Kier molecular flexibility index (Phi) is 3.16. The molecule has 0 atom stereocenters. The molecule has 2 heterocycles. The SMILES string of the molecule is Cc1nn(Cc2ccc3c(c2)CCN3C)c(N)c1I. The van der Waals surface area contributed by atoms with Gasteiger partial charge in [0.25, 0.3) is 0 Å². The Morgan fingerprint density at radius 2 is 2.21 bits per heavy atom. The summed E-state index contributed by atoms with van der Waals surface area (Å²) in [6.07, 6.45) is 1.13. The molecule has 19 heavy (non-hydrogen) atoms. The number of nitrogens with zero attached hydrogens (tertiary/aromatic N) is 3. The minimum absolute atomic E-state index is 0.743. The van der Waals surface area contributed by atoms with Gasteiger partial charge in [-0.25, -0.2) is 4.68 Å². The molecule has 0 unspecified atom stereocenters. The number of aryl methyl sites for hydroxylation is 1. The third-order valence-corrected chi connectivity index (χ3v) is 5.03. The summed E-state index contributed by atoms with van der Waals surface area (Å²) in [5.41, 5.74) is 11.1. The van der Waals surface area contributed by atoms with Crippen molar-refractivity contribution in [2.45, 2.75) is 19.9 Å². The number of benzene rings is 1. The van der Waals surface area contributed by atoms with Crippen LogP contribution in [-0.4, -0.2) is 23.4 Å². The maximum atomic E-state index is 6.07. The van der Waals surface area contributed by atoms with Crippen LogP contribution in [0.3, 0.4) is 0 Å². The van der Waals surface area contributed by atoms with Crippen molar-refractivity contribution in [3.63, 3.8) is 0 Å². The van der Waals surface area contributed by atoms with E-state index in [-0.39, 0.29) is 0 Å². The van der Waals surface area contributed by atoms with Gasteiger partial charge >= 0.3 is 0 Å². The number of aromatic nitrogens is 2. The van der Waals surface area contributed by atoms with E-state index in [1.165, 1.54) is 16.8 Å². The minimum atomic E-state index is 0.743. The predicted octanol–water partition coefficient (Wildman–Crippen LogP) is 2.42. The molecule has 1 aromatic heterocycles. The largest absolute Gasteiger partial charge is 0.383 e. The third-order valence-electron chi connectivity index (χ3n) is 3.70. The molecule has 1 aliphatic rings. The van der Waals surface area contributed by atoms with Crippen LogP contribution in [-0.2, 0) is 13.0 Å². The fourth-order valence-corrected chi connectivity index (χ4v) is 2.98. The Hall–Kier alpha value is -1.24. The lowest BCUT2D eigenvalue weighted by molar-refractivity contribution is 0.689. The zero-order chi connectivity index (χ0) is 13.6. The number of nitrogens with two attached hydrogens (primary N) is 1. The number of hydrogen-bond donors (Lipinski definition) is 1. The number of halogens is 1. The summed E-state index contributed by atoms with van der Waals surface area (Å²) in [5.74, 6) is 0.760. The first-order chi connectivity index (χ1) is 9.06. The lowest BCUT2D eigenvalue weighted by Gasteiger charge is -2.12. The van der Waals surface area contributed by atoms with Gasteiger partial charge in [0.2, 0.25) is 0 Å². The fraction of sp³-hybridized carbons (Fsp3) is 0.357. The van der Waals surface area contributed by atoms with Crippen molar-refractivity contribution in [1.82, 2.24) is 9.78 Å². The van der Waals surface area contributed by atoms with E-state index in [1.807, 2.05) is 11.6 Å². The van der Waals surface area contributed by atoms with Crippen molar-refractivity contribution in [2.24, 2.45) is 0 Å². The van der Waals surface area contributed by atoms with Crippen LogP contribution in [0.25, 0.3) is 0 Å². The highest BCUT2D eigenvalue weighted by Crippen LogP contribution is 2.28. The molecule has 0 fully saturated rings. The average molecular weight is 368 g/mol. The van der Waals surface area contributed by atoms with Crippen molar-refractivity contribution in [2.75, 3.05) is 24.2 Å². The molecule has 5 heteroatoms. The van der Waals surface area contributed by atoms with Crippen molar-refractivity contribution in [3.05, 3.63) is 38.6 Å². The van der Waals surface area contributed by atoms with Crippen molar-refractivity contribution >= 4 is 34.1 Å². The normalized spacial score (nSPS) is 13.9. The Balaban J connectivity index is 1.90. The molecule has 2 N–H and O–H groups in total. The summed E-state index contributed by atoms with van der Waals surface area (Å²) < 4.78 is 2.94. The van der Waals surface area contributed by atoms with E-state index in [2.05, 4.69) is 57.8 Å². The van der Waals surface area contributed by atoms with Gasteiger partial charge in [-0.05, 0) is 53.1 Å². The molecule has 0 radical (unpaired) electrons. The summed E-state index contributed by atoms with van der Waals surface area (Å²) in [4.78, 5) is 2.30. The van der Waals surface area contributed by atoms with Crippen molar-refractivity contribution in [1.29, 1.82) is 0 Å². The lowest BCUT2D eigenvalue weighted by Crippen LogP contribution is -2.12. The van der Waals surface area contributed by atoms with Crippen LogP contribution in [0.4, 0.5) is 11.5 Å². The molecule has 1 aliphatic heterocycles. The highest BCUT2D eigenvalue weighted by Gasteiger charge is 2.16. The Bertz CT molecular complexity index is 633. The first-order valence-electron chi connectivity index (χ1n) is 6.37. The van der Waals surface area contributed by atoms with Crippen molar-refractivity contribution < 1.29 is 0 Å². The number of anilines is 2. The first-order valence-corrected chi connectivity index (χ1v) is 7.45. The van der Waals surface area contributed by atoms with E-state index >= 15 is 0 Å². The third kappa shape index (κ3) is 2.20. The molecule has 100 valence electrons. The number of rotatable bonds is 2. The Labute approximate surface area is 126 Å². The molecule has 0 bridgehead atoms. The number of hydrogen-bond acceptors (Lipinski definition) is 3. The van der Waals surface area contributed by atoms with E-state index in [0.717, 1.165) is 34.6 Å². The van der Waals surface area contributed by atoms with Crippen LogP contribution in [0.15, 0.2) is 18.2 Å². The standard InChI is InChI=1S/C14H17IN4/c1-9-13(15)14(16)19(17-9)8-10-3-4-12-11(7-10)5-6-18(12)2/h3-4,7H,5-6,8,16H2,1-2H3. The summed E-state index contributed by atoms with van der Waals surface area (Å²) in [6.45, 7) is 3.85. The summed E-state index contributed by atoms with van der Waals surface area (Å²) in [5, 5.41) is 4.49. The first kappa shape index (κ1) is 12.8. The van der Waals surface area contributed by atoms with Crippen LogP contribution in [0.2, 0.25) is 0 Å². The second-order valence-electron chi connectivity index (χ2n) is 5.08. The maximum absolute atomic E-state index is 6.07. The quantitative estimate of drug-likeness (QED) is 0.829. The van der Waals surface area contributed by atoms with Crippen LogP contribution in [0.5, 0.6) is 0 Å². The Morgan fingerprint density at radius 1 is 1.42 bits per heavy atom. The van der Waals surface area contributed by atoms with Gasteiger partial charge in [-0.1, -0.05) is 12.1 Å². The zero-order valence-electron chi connectivity index (χ0n) is 11.2. The summed E-state index contributed by atoms with van der Waals surface area (Å²) in [7, 11) is 2.14. The number of fused-ring (bicyclic) bond motifs is 1. The minimum Gasteiger partial charge on any atom is -0.383 e. The van der Waals surface area contributed by atoms with Gasteiger partial charge in [-0.3, -0.25) is 0 Å². The highest BCUT2D eigenvalue weighted by molar-refractivity contribution is 14.1.